The highest BCUT2D eigenvalue weighted by Gasteiger charge is 2.08. The van der Waals surface area contributed by atoms with Crippen molar-refractivity contribution in [1.82, 2.24) is 4.98 Å². The summed E-state index contributed by atoms with van der Waals surface area (Å²) in [6.45, 7) is 3.56. The molecule has 13 heavy (non-hydrogen) atoms. The van der Waals surface area contributed by atoms with E-state index >= 15 is 0 Å². The molecule has 0 fully saturated rings. The first-order chi connectivity index (χ1) is 5.59. The number of carbonyl (C=O) groups excluding carboxylic acids is 1. The summed E-state index contributed by atoms with van der Waals surface area (Å²) in [7, 11) is 0. The third kappa shape index (κ3) is 3.71. The molecule has 0 aromatic carbocycles. The fourth-order valence-electron chi connectivity index (χ4n) is 0.632. The number of thiazole rings is 1. The number of carbonyl (C=O) groups is 1. The lowest BCUT2D eigenvalue weighted by Crippen LogP contribution is -2.32. The van der Waals surface area contributed by atoms with Gasteiger partial charge in [0.25, 0.3) is 0 Å². The Morgan fingerprint density at radius 3 is 2.77 bits per heavy atom. The van der Waals surface area contributed by atoms with E-state index < -0.39 is 6.04 Å². The number of aryl methyl sites for hydroxylation is 1. The number of nitrogens with one attached hydrogen (secondary N) is 1. The van der Waals surface area contributed by atoms with Crippen LogP contribution in [0.4, 0.5) is 5.13 Å². The van der Waals surface area contributed by atoms with E-state index in [1.165, 1.54) is 11.3 Å². The molecule has 0 radical (unpaired) electrons. The van der Waals surface area contributed by atoms with Crippen molar-refractivity contribution in [3.63, 3.8) is 0 Å². The molecule has 6 heteroatoms. The van der Waals surface area contributed by atoms with Crippen molar-refractivity contribution in [3.8, 4) is 0 Å². The smallest absolute Gasteiger partial charge is 0.242 e. The van der Waals surface area contributed by atoms with Gasteiger partial charge in [0.15, 0.2) is 5.13 Å². The molecule has 0 saturated carbocycles. The van der Waals surface area contributed by atoms with Crippen LogP contribution in [0, 0.1) is 6.92 Å². The highest BCUT2D eigenvalue weighted by atomic mass is 35.5. The molecule has 3 N–H and O–H groups in total. The van der Waals surface area contributed by atoms with E-state index in [9.17, 15) is 4.79 Å². The molecule has 1 heterocycles. The second kappa shape index (κ2) is 5.16. The molecule has 4 nitrogen and oxygen atoms in total. The Morgan fingerprint density at radius 1 is 1.77 bits per heavy atom. The van der Waals surface area contributed by atoms with Crippen LogP contribution < -0.4 is 11.1 Å². The van der Waals surface area contributed by atoms with Crippen molar-refractivity contribution in [2.45, 2.75) is 19.9 Å². The third-order valence-electron chi connectivity index (χ3n) is 1.26. The average molecular weight is 222 g/mol. The van der Waals surface area contributed by atoms with Gasteiger partial charge in [-0.2, -0.15) is 0 Å². The van der Waals surface area contributed by atoms with Gasteiger partial charge in [-0.05, 0) is 13.8 Å². The zero-order chi connectivity index (χ0) is 9.14. The monoisotopic (exact) mass is 221 g/mol. The molecule has 0 spiro atoms. The van der Waals surface area contributed by atoms with Gasteiger partial charge in [-0.1, -0.05) is 0 Å². The van der Waals surface area contributed by atoms with E-state index in [1.54, 1.807) is 13.1 Å². The molecule has 0 aliphatic carbocycles. The Labute approximate surface area is 87.0 Å². The first kappa shape index (κ1) is 12.3. The molecule has 0 unspecified atom stereocenters. The molecule has 1 rings (SSSR count). The van der Waals surface area contributed by atoms with Crippen LogP contribution in [0.25, 0.3) is 0 Å². The SMILES string of the molecule is Cc1cnc(NC(=O)[C@H](C)N)s1.Cl. The van der Waals surface area contributed by atoms with E-state index in [0.29, 0.717) is 5.13 Å². The van der Waals surface area contributed by atoms with Crippen molar-refractivity contribution >= 4 is 34.8 Å². The topological polar surface area (TPSA) is 68.0 Å². The Hall–Kier alpha value is -0.650. The van der Waals surface area contributed by atoms with E-state index in [4.69, 9.17) is 5.73 Å². The number of amides is 1. The van der Waals surface area contributed by atoms with Crippen molar-refractivity contribution in [1.29, 1.82) is 0 Å². The minimum Gasteiger partial charge on any atom is -0.320 e. The summed E-state index contributed by atoms with van der Waals surface area (Å²) in [5.41, 5.74) is 5.36. The number of anilines is 1. The predicted molar refractivity (Wildman–Crippen MR) is 56.4 cm³/mol. The fourth-order valence-corrected chi connectivity index (χ4v) is 1.30. The molecule has 0 saturated heterocycles. The maximum absolute atomic E-state index is 11.1. The molecule has 0 aliphatic heterocycles. The largest absolute Gasteiger partial charge is 0.320 e. The van der Waals surface area contributed by atoms with E-state index in [2.05, 4.69) is 10.3 Å². The van der Waals surface area contributed by atoms with Gasteiger partial charge in [0.05, 0.1) is 6.04 Å². The molecule has 1 amide bonds. The summed E-state index contributed by atoms with van der Waals surface area (Å²) >= 11 is 1.43. The zero-order valence-electron chi connectivity index (χ0n) is 7.40. The van der Waals surface area contributed by atoms with Crippen LogP contribution in [0.1, 0.15) is 11.8 Å². The molecule has 1 aromatic rings. The molecule has 1 aromatic heterocycles. The number of hydrogen-bond donors (Lipinski definition) is 2. The van der Waals surface area contributed by atoms with Crippen LogP contribution in [0.3, 0.4) is 0 Å². The van der Waals surface area contributed by atoms with Gasteiger partial charge in [-0.25, -0.2) is 4.98 Å². The summed E-state index contributed by atoms with van der Waals surface area (Å²) in [6.07, 6.45) is 1.71. The van der Waals surface area contributed by atoms with Gasteiger partial charge in [-0.15, -0.1) is 23.7 Å². The van der Waals surface area contributed by atoms with Crippen LogP contribution in [0.15, 0.2) is 6.20 Å². The minimum absolute atomic E-state index is 0. The maximum Gasteiger partial charge on any atom is 0.242 e. The summed E-state index contributed by atoms with van der Waals surface area (Å²) in [6, 6.07) is -0.491. The summed E-state index contributed by atoms with van der Waals surface area (Å²) in [4.78, 5) is 16.1. The van der Waals surface area contributed by atoms with Gasteiger partial charge in [0, 0.05) is 11.1 Å². The van der Waals surface area contributed by atoms with E-state index in [1.807, 2.05) is 6.92 Å². The average Bonchev–Trinajstić information content (AvgIpc) is 2.35. The summed E-state index contributed by atoms with van der Waals surface area (Å²) in [5.74, 6) is -0.204. The molecule has 0 bridgehead atoms. The minimum atomic E-state index is -0.491. The second-order valence-electron chi connectivity index (χ2n) is 2.55. The Morgan fingerprint density at radius 2 is 2.38 bits per heavy atom. The normalized spacial score (nSPS) is 11.6. The van der Waals surface area contributed by atoms with Gasteiger partial charge in [0.2, 0.25) is 5.91 Å². The van der Waals surface area contributed by atoms with Crippen molar-refractivity contribution in [2.24, 2.45) is 5.73 Å². The van der Waals surface area contributed by atoms with Crippen molar-refractivity contribution in [3.05, 3.63) is 11.1 Å². The van der Waals surface area contributed by atoms with Crippen molar-refractivity contribution < 1.29 is 4.79 Å². The third-order valence-corrected chi connectivity index (χ3v) is 2.09. The Bertz CT molecular complexity index is 287. The number of hydrogen-bond acceptors (Lipinski definition) is 4. The highest BCUT2D eigenvalue weighted by molar-refractivity contribution is 7.15. The zero-order valence-corrected chi connectivity index (χ0v) is 9.04. The van der Waals surface area contributed by atoms with Crippen LogP contribution in [-0.2, 0) is 4.79 Å². The van der Waals surface area contributed by atoms with Gasteiger partial charge >= 0.3 is 0 Å². The number of nitrogens with two attached hydrogens (primary N) is 1. The lowest BCUT2D eigenvalue weighted by molar-refractivity contribution is -0.117. The Kier molecular flexibility index (Phi) is 4.90. The molecular formula is C7H12ClN3OS. The van der Waals surface area contributed by atoms with Crippen LogP contribution in [-0.4, -0.2) is 16.9 Å². The lowest BCUT2D eigenvalue weighted by atomic mass is 10.3. The number of aromatic nitrogens is 1. The van der Waals surface area contributed by atoms with Crippen LogP contribution in [0.2, 0.25) is 0 Å². The lowest BCUT2D eigenvalue weighted by Gasteiger charge is -2.02. The molecular weight excluding hydrogens is 210 g/mol. The second-order valence-corrected chi connectivity index (χ2v) is 3.79. The fraction of sp³-hybridized carbons (Fsp3) is 0.429. The first-order valence-electron chi connectivity index (χ1n) is 3.58. The van der Waals surface area contributed by atoms with Gasteiger partial charge < -0.3 is 11.1 Å². The standard InChI is InChI=1S/C7H11N3OS.ClH/c1-4-3-9-7(12-4)10-6(11)5(2)8;/h3,5H,8H2,1-2H3,(H,9,10,11);1H/t5-;/m0./s1. The Balaban J connectivity index is 0.00000144. The predicted octanol–water partition coefficient (Wildman–Crippen LogP) is 1.16. The molecule has 0 aliphatic rings. The maximum atomic E-state index is 11.1. The quantitative estimate of drug-likeness (QED) is 0.788. The first-order valence-corrected chi connectivity index (χ1v) is 4.40. The van der Waals surface area contributed by atoms with Gasteiger partial charge in [0.1, 0.15) is 0 Å². The van der Waals surface area contributed by atoms with Gasteiger partial charge in [-0.3, -0.25) is 4.79 Å². The van der Waals surface area contributed by atoms with Crippen LogP contribution >= 0.6 is 23.7 Å². The number of halogens is 1. The highest BCUT2D eigenvalue weighted by Crippen LogP contribution is 2.16. The number of rotatable bonds is 2. The number of nitrogens with zero attached hydrogens (tertiary/aromatic N) is 1. The summed E-state index contributed by atoms with van der Waals surface area (Å²) < 4.78 is 0. The molecule has 1 atom stereocenters. The van der Waals surface area contributed by atoms with Crippen LogP contribution in [0.5, 0.6) is 0 Å². The van der Waals surface area contributed by atoms with E-state index in [0.717, 1.165) is 4.88 Å². The van der Waals surface area contributed by atoms with E-state index in [-0.39, 0.29) is 18.3 Å². The molecule has 74 valence electrons. The summed E-state index contributed by atoms with van der Waals surface area (Å²) in [5, 5.41) is 3.21. The van der Waals surface area contributed by atoms with Crippen molar-refractivity contribution in [2.75, 3.05) is 5.32 Å².